The van der Waals surface area contributed by atoms with Crippen molar-refractivity contribution in [1.29, 1.82) is 0 Å². The molecule has 0 saturated carbocycles. The van der Waals surface area contributed by atoms with E-state index < -0.39 is 0 Å². The Labute approximate surface area is 110 Å². The van der Waals surface area contributed by atoms with Crippen LogP contribution in [0.15, 0.2) is 15.4 Å². The molecule has 1 aliphatic rings. The van der Waals surface area contributed by atoms with Gasteiger partial charge in [0.2, 0.25) is 11.7 Å². The van der Waals surface area contributed by atoms with Gasteiger partial charge in [0, 0.05) is 5.38 Å². The fourth-order valence-corrected chi connectivity index (χ4v) is 2.89. The van der Waals surface area contributed by atoms with E-state index in [0.29, 0.717) is 11.7 Å². The monoisotopic (exact) mass is 264 g/mol. The first-order chi connectivity index (χ1) is 8.86. The van der Waals surface area contributed by atoms with E-state index in [9.17, 15) is 0 Å². The molecule has 2 atom stereocenters. The molecule has 18 heavy (non-hydrogen) atoms. The smallest absolute Gasteiger partial charge is 0.244 e. The minimum absolute atomic E-state index is 0.198. The summed E-state index contributed by atoms with van der Waals surface area (Å²) >= 11 is 1.53. The van der Waals surface area contributed by atoms with E-state index in [-0.39, 0.29) is 6.04 Å². The van der Waals surface area contributed by atoms with Gasteiger partial charge in [0.15, 0.2) is 0 Å². The number of aromatic nitrogens is 3. The van der Waals surface area contributed by atoms with Gasteiger partial charge in [0.1, 0.15) is 5.69 Å². The fraction of sp³-hybridized carbons (Fsp3) is 0.583. The molecule has 2 unspecified atom stereocenters. The Morgan fingerprint density at radius 2 is 2.50 bits per heavy atom. The minimum Gasteiger partial charge on any atom is -0.337 e. The molecule has 2 aromatic rings. The van der Waals surface area contributed by atoms with E-state index in [4.69, 9.17) is 4.52 Å². The largest absolute Gasteiger partial charge is 0.337 e. The number of thiazole rings is 1. The molecule has 0 aliphatic carbocycles. The Bertz CT molecular complexity index is 496. The number of hydrogen-bond donors (Lipinski definition) is 1. The summed E-state index contributed by atoms with van der Waals surface area (Å²) in [5.41, 5.74) is 2.56. The molecular formula is C12H16N4OS. The van der Waals surface area contributed by atoms with Crippen molar-refractivity contribution in [2.75, 3.05) is 6.54 Å². The first-order valence-corrected chi connectivity index (χ1v) is 7.26. The van der Waals surface area contributed by atoms with Gasteiger partial charge in [-0.05, 0) is 25.3 Å². The third-order valence-corrected chi connectivity index (χ3v) is 4.08. The molecule has 5 nitrogen and oxygen atoms in total. The summed E-state index contributed by atoms with van der Waals surface area (Å²) in [6, 6.07) is 0.198. The lowest BCUT2D eigenvalue weighted by Gasteiger charge is -2.27. The Morgan fingerprint density at radius 1 is 1.56 bits per heavy atom. The maximum atomic E-state index is 5.36. The standard InChI is InChI=1S/C12H16N4OS/c1-2-8-3-4-13-9(5-8)12-15-11(16-17-12)10-6-18-7-14-10/h6-9,13H,2-5H2,1H3. The number of rotatable bonds is 3. The summed E-state index contributed by atoms with van der Waals surface area (Å²) in [5, 5.41) is 9.38. The van der Waals surface area contributed by atoms with Gasteiger partial charge in [0.05, 0.1) is 11.6 Å². The summed E-state index contributed by atoms with van der Waals surface area (Å²) in [6.45, 7) is 3.26. The molecular weight excluding hydrogens is 248 g/mol. The van der Waals surface area contributed by atoms with Gasteiger partial charge in [-0.1, -0.05) is 18.5 Å². The quantitative estimate of drug-likeness (QED) is 0.923. The average molecular weight is 264 g/mol. The highest BCUT2D eigenvalue weighted by Gasteiger charge is 2.26. The summed E-state index contributed by atoms with van der Waals surface area (Å²) in [7, 11) is 0. The molecule has 2 aromatic heterocycles. The van der Waals surface area contributed by atoms with Crippen LogP contribution in [0.5, 0.6) is 0 Å². The first-order valence-electron chi connectivity index (χ1n) is 6.32. The predicted molar refractivity (Wildman–Crippen MR) is 69.2 cm³/mol. The van der Waals surface area contributed by atoms with Crippen LogP contribution in [0.4, 0.5) is 0 Å². The number of nitrogens with one attached hydrogen (secondary N) is 1. The van der Waals surface area contributed by atoms with Crippen molar-refractivity contribution in [3.8, 4) is 11.5 Å². The van der Waals surface area contributed by atoms with E-state index in [1.54, 1.807) is 5.51 Å². The molecule has 0 bridgehead atoms. The maximum absolute atomic E-state index is 5.36. The van der Waals surface area contributed by atoms with E-state index in [1.165, 1.54) is 24.2 Å². The molecule has 1 saturated heterocycles. The van der Waals surface area contributed by atoms with Gasteiger partial charge in [0.25, 0.3) is 0 Å². The van der Waals surface area contributed by atoms with Crippen molar-refractivity contribution in [3.05, 3.63) is 16.8 Å². The average Bonchev–Trinajstić information content (AvgIpc) is 3.09. The van der Waals surface area contributed by atoms with Gasteiger partial charge in [-0.2, -0.15) is 4.98 Å². The molecule has 0 radical (unpaired) electrons. The van der Waals surface area contributed by atoms with Crippen LogP contribution >= 0.6 is 11.3 Å². The molecule has 1 aliphatic heterocycles. The fourth-order valence-electron chi connectivity index (χ4n) is 2.36. The highest BCUT2D eigenvalue weighted by Crippen LogP contribution is 2.29. The van der Waals surface area contributed by atoms with Crippen LogP contribution in [-0.2, 0) is 0 Å². The van der Waals surface area contributed by atoms with E-state index in [0.717, 1.165) is 24.6 Å². The van der Waals surface area contributed by atoms with Gasteiger partial charge in [-0.3, -0.25) is 0 Å². The second-order valence-corrected chi connectivity index (χ2v) is 5.35. The lowest BCUT2D eigenvalue weighted by molar-refractivity contribution is 0.246. The minimum atomic E-state index is 0.198. The van der Waals surface area contributed by atoms with Crippen molar-refractivity contribution in [3.63, 3.8) is 0 Å². The first kappa shape index (κ1) is 11.8. The van der Waals surface area contributed by atoms with E-state index in [2.05, 4.69) is 27.4 Å². The number of hydrogen-bond acceptors (Lipinski definition) is 6. The maximum Gasteiger partial charge on any atom is 0.244 e. The zero-order valence-corrected chi connectivity index (χ0v) is 11.1. The molecule has 0 aromatic carbocycles. The lowest BCUT2D eigenvalue weighted by atomic mass is 9.90. The third-order valence-electron chi connectivity index (χ3n) is 3.49. The zero-order chi connectivity index (χ0) is 12.4. The van der Waals surface area contributed by atoms with E-state index in [1.807, 2.05) is 5.38 Å². The van der Waals surface area contributed by atoms with Gasteiger partial charge < -0.3 is 9.84 Å². The normalized spacial score (nSPS) is 24.3. The summed E-state index contributed by atoms with van der Waals surface area (Å²) in [4.78, 5) is 8.64. The summed E-state index contributed by atoms with van der Waals surface area (Å²) < 4.78 is 5.36. The van der Waals surface area contributed by atoms with Crippen molar-refractivity contribution < 1.29 is 4.52 Å². The highest BCUT2D eigenvalue weighted by molar-refractivity contribution is 7.07. The van der Waals surface area contributed by atoms with Crippen LogP contribution in [-0.4, -0.2) is 21.7 Å². The van der Waals surface area contributed by atoms with Gasteiger partial charge in [-0.15, -0.1) is 11.3 Å². The van der Waals surface area contributed by atoms with Crippen molar-refractivity contribution in [2.45, 2.75) is 32.2 Å². The van der Waals surface area contributed by atoms with Crippen molar-refractivity contribution in [2.24, 2.45) is 5.92 Å². The van der Waals surface area contributed by atoms with Gasteiger partial charge >= 0.3 is 0 Å². The second kappa shape index (κ2) is 5.16. The number of piperidine rings is 1. The van der Waals surface area contributed by atoms with Crippen molar-refractivity contribution >= 4 is 11.3 Å². The predicted octanol–water partition coefficient (Wildman–Crippen LogP) is 2.64. The van der Waals surface area contributed by atoms with Crippen LogP contribution in [0, 0.1) is 5.92 Å². The summed E-state index contributed by atoms with van der Waals surface area (Å²) in [5.74, 6) is 2.04. The van der Waals surface area contributed by atoms with Crippen LogP contribution in [0.25, 0.3) is 11.5 Å². The third kappa shape index (κ3) is 2.30. The van der Waals surface area contributed by atoms with E-state index >= 15 is 0 Å². The second-order valence-electron chi connectivity index (χ2n) is 4.64. The zero-order valence-electron chi connectivity index (χ0n) is 10.3. The van der Waals surface area contributed by atoms with Crippen LogP contribution in [0.3, 0.4) is 0 Å². The Kier molecular flexibility index (Phi) is 3.38. The Hall–Kier alpha value is -1.27. The summed E-state index contributed by atoms with van der Waals surface area (Å²) in [6.07, 6.45) is 3.53. The lowest BCUT2D eigenvalue weighted by Crippen LogP contribution is -2.31. The molecule has 3 rings (SSSR count). The van der Waals surface area contributed by atoms with Crippen LogP contribution in [0.2, 0.25) is 0 Å². The molecule has 6 heteroatoms. The molecule has 1 fully saturated rings. The SMILES string of the molecule is CCC1CCNC(c2nc(-c3cscn3)no2)C1. The van der Waals surface area contributed by atoms with Crippen molar-refractivity contribution in [1.82, 2.24) is 20.4 Å². The van der Waals surface area contributed by atoms with Crippen LogP contribution < -0.4 is 5.32 Å². The van der Waals surface area contributed by atoms with Crippen LogP contribution in [0.1, 0.15) is 38.1 Å². The molecule has 3 heterocycles. The molecule has 1 N–H and O–H groups in total. The highest BCUT2D eigenvalue weighted by atomic mass is 32.1. The molecule has 96 valence electrons. The molecule has 0 amide bonds. The number of nitrogens with zero attached hydrogens (tertiary/aromatic N) is 3. The van der Waals surface area contributed by atoms with Gasteiger partial charge in [-0.25, -0.2) is 4.98 Å². The topological polar surface area (TPSA) is 63.8 Å². The Balaban J connectivity index is 1.77. The Morgan fingerprint density at radius 3 is 3.28 bits per heavy atom. The molecule has 0 spiro atoms.